The number of carbonyl (C=O) groups excluding carboxylic acids is 1. The van der Waals surface area contributed by atoms with Crippen LogP contribution >= 0.6 is 11.3 Å². The monoisotopic (exact) mass is 400 g/mol. The third kappa shape index (κ3) is 3.83. The van der Waals surface area contributed by atoms with Crippen LogP contribution in [0.25, 0.3) is 16.3 Å². The summed E-state index contributed by atoms with van der Waals surface area (Å²) in [6, 6.07) is 9.94. The Bertz CT molecular complexity index is 1130. The molecule has 6 nitrogen and oxygen atoms in total. The van der Waals surface area contributed by atoms with Gasteiger partial charge in [0.1, 0.15) is 5.82 Å². The largest absolute Gasteiger partial charge is 0.454 e. The molecule has 0 aliphatic carbocycles. The lowest BCUT2D eigenvalue weighted by Gasteiger charge is -2.03. The summed E-state index contributed by atoms with van der Waals surface area (Å²) in [7, 11) is 1.60. The number of thiazole rings is 1. The van der Waals surface area contributed by atoms with Gasteiger partial charge in [0.25, 0.3) is 5.91 Å². The standard InChI is InChI=1S/C20H17FN2O4S/c1-25-9-8-23-15-5-4-14(21)11-18(15)28-20(23)22-19(24)7-3-13-2-6-16-17(10-13)27-12-26-16/h2-7,10-11H,8-9,12H2,1H3/b7-3-,22-20?. The summed E-state index contributed by atoms with van der Waals surface area (Å²) in [5, 5.41) is 0. The maximum absolute atomic E-state index is 13.5. The van der Waals surface area contributed by atoms with Crippen molar-refractivity contribution in [3.63, 3.8) is 0 Å². The van der Waals surface area contributed by atoms with Gasteiger partial charge >= 0.3 is 0 Å². The molecule has 3 aromatic rings. The summed E-state index contributed by atoms with van der Waals surface area (Å²) in [6.45, 7) is 1.17. The van der Waals surface area contributed by atoms with E-state index in [9.17, 15) is 9.18 Å². The zero-order valence-corrected chi connectivity index (χ0v) is 15.9. The van der Waals surface area contributed by atoms with Crippen LogP contribution < -0.4 is 14.3 Å². The summed E-state index contributed by atoms with van der Waals surface area (Å²) in [6.07, 6.45) is 3.06. The number of hydrogen-bond donors (Lipinski definition) is 0. The van der Waals surface area contributed by atoms with Crippen LogP contribution in [0.3, 0.4) is 0 Å². The summed E-state index contributed by atoms with van der Waals surface area (Å²) < 4.78 is 31.9. The predicted octanol–water partition coefficient (Wildman–Crippen LogP) is 3.36. The molecular weight excluding hydrogens is 383 g/mol. The van der Waals surface area contributed by atoms with Crippen LogP contribution in [0.1, 0.15) is 5.56 Å². The molecule has 0 N–H and O–H groups in total. The average Bonchev–Trinajstić information content (AvgIpc) is 3.28. The number of benzene rings is 2. The number of carbonyl (C=O) groups is 1. The molecule has 0 bridgehead atoms. The Kier molecular flexibility index (Phi) is 5.23. The third-order valence-corrected chi connectivity index (χ3v) is 5.23. The quantitative estimate of drug-likeness (QED) is 0.616. The maximum Gasteiger partial charge on any atom is 0.272 e. The molecule has 1 amide bonds. The van der Waals surface area contributed by atoms with Gasteiger partial charge in [-0.1, -0.05) is 17.4 Å². The van der Waals surface area contributed by atoms with E-state index in [1.54, 1.807) is 31.4 Å². The van der Waals surface area contributed by atoms with Crippen molar-refractivity contribution in [2.75, 3.05) is 20.5 Å². The van der Waals surface area contributed by atoms with E-state index in [1.165, 1.54) is 29.5 Å². The molecule has 4 rings (SSSR count). The molecule has 144 valence electrons. The van der Waals surface area contributed by atoms with E-state index in [4.69, 9.17) is 14.2 Å². The Balaban J connectivity index is 1.63. The number of methoxy groups -OCH3 is 1. The summed E-state index contributed by atoms with van der Waals surface area (Å²) in [4.78, 5) is 17.1. The normalized spacial score (nSPS) is 13.7. The molecule has 0 fully saturated rings. The summed E-state index contributed by atoms with van der Waals surface area (Å²) in [5.41, 5.74) is 1.62. The van der Waals surface area contributed by atoms with E-state index >= 15 is 0 Å². The molecular formula is C20H17FN2O4S. The number of fused-ring (bicyclic) bond motifs is 2. The van der Waals surface area contributed by atoms with Gasteiger partial charge < -0.3 is 18.8 Å². The van der Waals surface area contributed by atoms with E-state index in [0.717, 1.165) is 15.8 Å². The molecule has 0 saturated heterocycles. The van der Waals surface area contributed by atoms with Crippen molar-refractivity contribution in [3.05, 3.63) is 58.7 Å². The first-order valence-corrected chi connectivity index (χ1v) is 9.40. The van der Waals surface area contributed by atoms with Crippen molar-refractivity contribution in [1.29, 1.82) is 0 Å². The molecule has 0 unspecified atom stereocenters. The van der Waals surface area contributed by atoms with Crippen LogP contribution in [0.5, 0.6) is 11.5 Å². The van der Waals surface area contributed by atoms with E-state index in [-0.39, 0.29) is 12.6 Å². The van der Waals surface area contributed by atoms with Gasteiger partial charge in [-0.2, -0.15) is 4.99 Å². The van der Waals surface area contributed by atoms with Gasteiger partial charge in [-0.25, -0.2) is 4.39 Å². The molecule has 1 aromatic heterocycles. The van der Waals surface area contributed by atoms with Crippen molar-refractivity contribution in [2.45, 2.75) is 6.54 Å². The highest BCUT2D eigenvalue weighted by molar-refractivity contribution is 7.16. The molecule has 2 aromatic carbocycles. The van der Waals surface area contributed by atoms with Crippen molar-refractivity contribution in [2.24, 2.45) is 4.99 Å². The number of halogens is 1. The number of hydrogen-bond acceptors (Lipinski definition) is 5. The highest BCUT2D eigenvalue weighted by Crippen LogP contribution is 2.32. The average molecular weight is 400 g/mol. The highest BCUT2D eigenvalue weighted by atomic mass is 32.1. The van der Waals surface area contributed by atoms with Crippen LogP contribution in [0, 0.1) is 5.82 Å². The molecule has 1 aliphatic rings. The topological polar surface area (TPSA) is 62.1 Å². The molecule has 0 spiro atoms. The van der Waals surface area contributed by atoms with Crippen LogP contribution in [-0.2, 0) is 16.1 Å². The number of ether oxygens (including phenoxy) is 3. The van der Waals surface area contributed by atoms with Gasteiger partial charge in [0.05, 0.1) is 16.8 Å². The minimum Gasteiger partial charge on any atom is -0.454 e. The zero-order chi connectivity index (χ0) is 19.5. The van der Waals surface area contributed by atoms with Gasteiger partial charge in [-0.05, 0) is 42.0 Å². The van der Waals surface area contributed by atoms with Gasteiger partial charge in [0.15, 0.2) is 16.3 Å². The van der Waals surface area contributed by atoms with Gasteiger partial charge in [0, 0.05) is 19.7 Å². The first-order chi connectivity index (χ1) is 13.6. The van der Waals surface area contributed by atoms with Gasteiger partial charge in [-0.15, -0.1) is 0 Å². The first kappa shape index (κ1) is 18.4. The van der Waals surface area contributed by atoms with Crippen LogP contribution in [-0.4, -0.2) is 31.0 Å². The first-order valence-electron chi connectivity index (χ1n) is 8.58. The Morgan fingerprint density at radius 1 is 1.29 bits per heavy atom. The van der Waals surface area contributed by atoms with E-state index < -0.39 is 5.91 Å². The lowest BCUT2D eigenvalue weighted by Crippen LogP contribution is -2.18. The number of rotatable bonds is 5. The third-order valence-electron chi connectivity index (χ3n) is 4.18. The zero-order valence-electron chi connectivity index (χ0n) is 15.1. The lowest BCUT2D eigenvalue weighted by atomic mass is 10.2. The summed E-state index contributed by atoms with van der Waals surface area (Å²) in [5.74, 6) is 0.601. The molecule has 0 atom stereocenters. The lowest BCUT2D eigenvalue weighted by molar-refractivity contribution is -0.113. The minimum absolute atomic E-state index is 0.199. The van der Waals surface area contributed by atoms with E-state index in [0.29, 0.717) is 29.5 Å². The molecule has 1 aliphatic heterocycles. The number of aromatic nitrogens is 1. The van der Waals surface area contributed by atoms with Crippen molar-refractivity contribution in [3.8, 4) is 11.5 Å². The van der Waals surface area contributed by atoms with Gasteiger partial charge in [0.2, 0.25) is 6.79 Å². The molecule has 2 heterocycles. The van der Waals surface area contributed by atoms with Crippen LogP contribution in [0.15, 0.2) is 47.5 Å². The predicted molar refractivity (Wildman–Crippen MR) is 104 cm³/mol. The Morgan fingerprint density at radius 3 is 3.00 bits per heavy atom. The van der Waals surface area contributed by atoms with Crippen molar-refractivity contribution >= 4 is 33.5 Å². The molecule has 0 radical (unpaired) electrons. The van der Waals surface area contributed by atoms with Crippen LogP contribution in [0.4, 0.5) is 4.39 Å². The molecule has 8 heteroatoms. The maximum atomic E-state index is 13.5. The Hall–Kier alpha value is -2.97. The second kappa shape index (κ2) is 7.95. The molecule has 28 heavy (non-hydrogen) atoms. The fourth-order valence-corrected chi connectivity index (χ4v) is 3.93. The second-order valence-corrected chi connectivity index (χ2v) is 7.05. The van der Waals surface area contributed by atoms with Crippen LogP contribution in [0.2, 0.25) is 0 Å². The smallest absolute Gasteiger partial charge is 0.272 e. The minimum atomic E-state index is -0.407. The SMILES string of the molecule is COCCn1c(=NC(=O)/C=C\c2ccc3c(c2)OCO3)sc2cc(F)ccc21. The number of nitrogens with zero attached hydrogens (tertiary/aromatic N) is 2. The highest BCUT2D eigenvalue weighted by Gasteiger charge is 2.12. The fraction of sp³-hybridized carbons (Fsp3) is 0.200. The van der Waals surface area contributed by atoms with E-state index in [2.05, 4.69) is 4.99 Å². The van der Waals surface area contributed by atoms with E-state index in [1.807, 2.05) is 10.6 Å². The fourth-order valence-electron chi connectivity index (χ4n) is 2.85. The van der Waals surface area contributed by atoms with Gasteiger partial charge in [-0.3, -0.25) is 4.79 Å². The molecule has 0 saturated carbocycles. The van der Waals surface area contributed by atoms with Crippen molar-refractivity contribution < 1.29 is 23.4 Å². The summed E-state index contributed by atoms with van der Waals surface area (Å²) >= 11 is 1.26. The Morgan fingerprint density at radius 2 is 2.14 bits per heavy atom. The second-order valence-electron chi connectivity index (χ2n) is 6.04. The number of amides is 1. The van der Waals surface area contributed by atoms with Crippen molar-refractivity contribution in [1.82, 2.24) is 4.57 Å². The Labute approximate surface area is 164 Å².